The van der Waals surface area contributed by atoms with Crippen LogP contribution in [0.4, 0.5) is 0 Å². The van der Waals surface area contributed by atoms with Crippen molar-refractivity contribution in [3.63, 3.8) is 0 Å². The van der Waals surface area contributed by atoms with E-state index < -0.39 is 5.97 Å². The maximum absolute atomic E-state index is 12.0. The summed E-state index contributed by atoms with van der Waals surface area (Å²) in [6, 6.07) is 0.228. The van der Waals surface area contributed by atoms with Crippen molar-refractivity contribution in [1.29, 1.82) is 0 Å². The zero-order chi connectivity index (χ0) is 12.8. The number of aliphatic carboxylic acids is 1. The molecule has 2 N–H and O–H groups in total. The smallest absolute Gasteiger partial charge is 0.323 e. The summed E-state index contributed by atoms with van der Waals surface area (Å²) in [4.78, 5) is 24.2. The third-order valence-electron chi connectivity index (χ3n) is 2.85. The molecule has 5 heteroatoms. The molecule has 1 atom stereocenters. The second-order valence-corrected chi connectivity index (χ2v) is 5.06. The summed E-state index contributed by atoms with van der Waals surface area (Å²) < 4.78 is 0. The van der Waals surface area contributed by atoms with Crippen molar-refractivity contribution >= 4 is 11.9 Å². The number of carboxylic acid groups (broad SMARTS) is 1. The summed E-state index contributed by atoms with van der Waals surface area (Å²) in [5.41, 5.74) is 0. The zero-order valence-corrected chi connectivity index (χ0v) is 10.6. The second kappa shape index (κ2) is 6.59. The molecule has 1 saturated heterocycles. The molecule has 0 aromatic rings. The highest BCUT2D eigenvalue weighted by atomic mass is 16.4. The first-order chi connectivity index (χ1) is 7.99. The topological polar surface area (TPSA) is 69.6 Å². The van der Waals surface area contributed by atoms with Crippen LogP contribution in [-0.2, 0) is 9.59 Å². The van der Waals surface area contributed by atoms with Crippen LogP contribution in [0.25, 0.3) is 0 Å². The van der Waals surface area contributed by atoms with Gasteiger partial charge in [-0.25, -0.2) is 0 Å². The van der Waals surface area contributed by atoms with Gasteiger partial charge in [-0.2, -0.15) is 0 Å². The summed E-state index contributed by atoms with van der Waals surface area (Å²) in [5.74, 6) is -0.714. The predicted octanol–water partition coefficient (Wildman–Crippen LogP) is 0.698. The van der Waals surface area contributed by atoms with Crippen LogP contribution in [0.1, 0.15) is 33.1 Å². The van der Waals surface area contributed by atoms with Crippen LogP contribution in [0.3, 0.4) is 0 Å². The molecule has 0 saturated carbocycles. The van der Waals surface area contributed by atoms with Crippen LogP contribution in [0.5, 0.6) is 0 Å². The van der Waals surface area contributed by atoms with E-state index in [0.29, 0.717) is 13.0 Å². The van der Waals surface area contributed by atoms with Crippen molar-refractivity contribution in [1.82, 2.24) is 10.2 Å². The van der Waals surface area contributed by atoms with Gasteiger partial charge in [-0.15, -0.1) is 0 Å². The maximum Gasteiger partial charge on any atom is 0.323 e. The van der Waals surface area contributed by atoms with E-state index in [-0.39, 0.29) is 24.4 Å². The standard InChI is InChI=1S/C12H22N2O3/c1-9(2)7-14(8-12(16)17)11(15)6-10-4-3-5-13-10/h9-10,13H,3-8H2,1-2H3,(H,16,17). The quantitative estimate of drug-likeness (QED) is 0.719. The molecule has 0 radical (unpaired) electrons. The Morgan fingerprint density at radius 3 is 2.65 bits per heavy atom. The third-order valence-corrected chi connectivity index (χ3v) is 2.85. The summed E-state index contributed by atoms with van der Waals surface area (Å²) >= 11 is 0. The van der Waals surface area contributed by atoms with E-state index in [1.54, 1.807) is 0 Å². The van der Waals surface area contributed by atoms with E-state index >= 15 is 0 Å². The number of carbonyl (C=O) groups excluding carboxylic acids is 1. The van der Waals surface area contributed by atoms with Gasteiger partial charge in [-0.05, 0) is 25.3 Å². The molecule has 98 valence electrons. The molecule has 1 rings (SSSR count). The Hall–Kier alpha value is -1.10. The van der Waals surface area contributed by atoms with Crippen molar-refractivity contribution in [2.45, 2.75) is 39.2 Å². The summed E-state index contributed by atoms with van der Waals surface area (Å²) in [6.45, 7) is 5.24. The van der Waals surface area contributed by atoms with Gasteiger partial charge in [0.15, 0.2) is 0 Å². The average molecular weight is 242 g/mol. The number of nitrogens with one attached hydrogen (secondary N) is 1. The van der Waals surface area contributed by atoms with Crippen LogP contribution < -0.4 is 5.32 Å². The highest BCUT2D eigenvalue weighted by Crippen LogP contribution is 2.11. The molecule has 1 unspecified atom stereocenters. The SMILES string of the molecule is CC(C)CN(CC(=O)O)C(=O)CC1CCCN1. The van der Waals surface area contributed by atoms with E-state index in [2.05, 4.69) is 5.32 Å². The minimum atomic E-state index is -0.946. The lowest BCUT2D eigenvalue weighted by Gasteiger charge is -2.24. The number of nitrogens with zero attached hydrogens (tertiary/aromatic N) is 1. The fourth-order valence-electron chi connectivity index (χ4n) is 2.13. The fourth-order valence-corrected chi connectivity index (χ4v) is 2.13. The Kier molecular flexibility index (Phi) is 5.41. The van der Waals surface area contributed by atoms with Gasteiger partial charge in [0.2, 0.25) is 5.91 Å². The van der Waals surface area contributed by atoms with Crippen LogP contribution in [0.15, 0.2) is 0 Å². The third kappa shape index (κ3) is 5.17. The highest BCUT2D eigenvalue weighted by Gasteiger charge is 2.23. The minimum Gasteiger partial charge on any atom is -0.480 e. The van der Waals surface area contributed by atoms with Crippen LogP contribution in [-0.4, -0.2) is 47.6 Å². The number of hydrogen-bond donors (Lipinski definition) is 2. The number of rotatable bonds is 6. The van der Waals surface area contributed by atoms with Gasteiger partial charge >= 0.3 is 5.97 Å². The fraction of sp³-hybridized carbons (Fsp3) is 0.833. The molecule has 0 spiro atoms. The lowest BCUT2D eigenvalue weighted by Crippen LogP contribution is -2.40. The number of hydrogen-bond acceptors (Lipinski definition) is 3. The largest absolute Gasteiger partial charge is 0.480 e. The highest BCUT2D eigenvalue weighted by molar-refractivity contribution is 5.81. The molecule has 1 fully saturated rings. The van der Waals surface area contributed by atoms with E-state index in [1.165, 1.54) is 4.90 Å². The van der Waals surface area contributed by atoms with Gasteiger partial charge in [0.05, 0.1) is 0 Å². The Morgan fingerprint density at radius 1 is 1.47 bits per heavy atom. The molecular weight excluding hydrogens is 220 g/mol. The summed E-state index contributed by atoms with van der Waals surface area (Å²) in [7, 11) is 0. The summed E-state index contributed by atoms with van der Waals surface area (Å²) in [5, 5.41) is 12.1. The predicted molar refractivity (Wildman–Crippen MR) is 64.7 cm³/mol. The monoisotopic (exact) mass is 242 g/mol. The Bertz CT molecular complexity index is 273. The molecule has 1 aliphatic heterocycles. The van der Waals surface area contributed by atoms with Gasteiger partial charge < -0.3 is 15.3 Å². The lowest BCUT2D eigenvalue weighted by atomic mass is 10.1. The molecule has 1 heterocycles. The first kappa shape index (κ1) is 14.0. The van der Waals surface area contributed by atoms with Crippen molar-refractivity contribution < 1.29 is 14.7 Å². The van der Waals surface area contributed by atoms with Crippen molar-refractivity contribution in [3.05, 3.63) is 0 Å². The van der Waals surface area contributed by atoms with Crippen molar-refractivity contribution in [2.75, 3.05) is 19.6 Å². The van der Waals surface area contributed by atoms with Crippen molar-refractivity contribution in [3.8, 4) is 0 Å². The zero-order valence-electron chi connectivity index (χ0n) is 10.6. The second-order valence-electron chi connectivity index (χ2n) is 5.06. The van der Waals surface area contributed by atoms with Gasteiger partial charge in [0.1, 0.15) is 6.54 Å². The Morgan fingerprint density at radius 2 is 2.18 bits per heavy atom. The number of carbonyl (C=O) groups is 2. The summed E-state index contributed by atoms with van der Waals surface area (Å²) in [6.07, 6.45) is 2.52. The molecule has 0 aromatic heterocycles. The number of carboxylic acids is 1. The van der Waals surface area contributed by atoms with Gasteiger partial charge in [-0.3, -0.25) is 9.59 Å². The van der Waals surface area contributed by atoms with E-state index in [0.717, 1.165) is 19.4 Å². The molecular formula is C12H22N2O3. The van der Waals surface area contributed by atoms with Gasteiger partial charge in [0, 0.05) is 19.0 Å². The molecule has 0 bridgehead atoms. The normalized spacial score (nSPS) is 19.6. The van der Waals surface area contributed by atoms with Crippen LogP contribution in [0.2, 0.25) is 0 Å². The van der Waals surface area contributed by atoms with Gasteiger partial charge in [-0.1, -0.05) is 13.8 Å². The van der Waals surface area contributed by atoms with Gasteiger partial charge in [0.25, 0.3) is 0 Å². The average Bonchev–Trinajstić information content (AvgIpc) is 2.67. The molecule has 1 amide bonds. The Labute approximate surface area is 102 Å². The molecule has 17 heavy (non-hydrogen) atoms. The van der Waals surface area contributed by atoms with E-state index in [9.17, 15) is 9.59 Å². The molecule has 1 aliphatic rings. The molecule has 0 aromatic carbocycles. The first-order valence-corrected chi connectivity index (χ1v) is 6.22. The van der Waals surface area contributed by atoms with E-state index in [1.807, 2.05) is 13.8 Å². The minimum absolute atomic E-state index is 0.0551. The van der Waals surface area contributed by atoms with Crippen LogP contribution in [0, 0.1) is 5.92 Å². The van der Waals surface area contributed by atoms with Crippen LogP contribution >= 0.6 is 0 Å². The van der Waals surface area contributed by atoms with E-state index in [4.69, 9.17) is 5.11 Å². The Balaban J connectivity index is 2.48. The lowest BCUT2D eigenvalue weighted by molar-refractivity contribution is -0.145. The number of amides is 1. The molecule has 5 nitrogen and oxygen atoms in total. The first-order valence-electron chi connectivity index (χ1n) is 6.22. The maximum atomic E-state index is 12.0. The molecule has 0 aliphatic carbocycles. The van der Waals surface area contributed by atoms with Crippen molar-refractivity contribution in [2.24, 2.45) is 5.92 Å².